The Hall–Kier alpha value is 1.72. The zero-order valence-electron chi connectivity index (χ0n) is 50.7. The normalized spacial score (nSPS) is 23.3. The van der Waals surface area contributed by atoms with Gasteiger partial charge >= 0.3 is 0 Å². The summed E-state index contributed by atoms with van der Waals surface area (Å²) in [6.45, 7) is 18.4. The van der Waals surface area contributed by atoms with Crippen LogP contribution in [0.1, 0.15) is 160 Å². The number of benzene rings is 8. The molecule has 1 heterocycles. The Bertz CT molecular complexity index is 3200. The molecule has 6 fully saturated rings. The maximum absolute atomic E-state index is 10.4. The van der Waals surface area contributed by atoms with Gasteiger partial charge in [-0.15, -0.1) is 0 Å². The molecule has 8 unspecified atom stereocenters. The smallest absolute Gasteiger partial charge is 0.136 e. The standard InChI is InChI=1S/C20H14O2.C20H12O.2C15H26.2C2H6.6Ar.H2O.H2/c21-17-11-9-13-5-1-3-7-15(13)19(17)20-16-8-4-2-6-14(16)10-12-18(20)22;1-3-7-15-13(5-1)9-11-17-19(15)20-16-8-4-2-6-14(16)10-12-18(20)21-17;2*1-15(2)13-9-5-3-7-11(13)12-8-4-6-10-14(12)15;2*1-2;;;;;;;;/h1-12,21-22H;1-12H;2*11-14H,3-10H2,1-2H3;2*1-2H3;;;;;;;1H2;1H/i;;;;;;;;;;;;;1+1. The molecule has 8 atom stereocenters. The van der Waals surface area contributed by atoms with Gasteiger partial charge in [0, 0.05) is 250 Å². The second kappa shape index (κ2) is 37.0. The monoisotopic (exact) mass is 1290 g/mol. The Morgan fingerprint density at radius 3 is 0.869 bits per heavy atom. The molecule has 10 heteroatoms. The van der Waals surface area contributed by atoms with E-state index in [1.165, 1.54) is 83.7 Å². The summed E-state index contributed by atoms with van der Waals surface area (Å²) in [4.78, 5) is 0. The number of hydrogen-bond donors (Lipinski definition) is 2. The molecule has 8 aromatic carbocycles. The van der Waals surface area contributed by atoms with E-state index in [-0.39, 0.29) is 245 Å². The number of phenolic OH excluding ortho intramolecular Hbond substituents is 2. The second-order valence-corrected chi connectivity index (χ2v) is 24.6. The van der Waals surface area contributed by atoms with Gasteiger partial charge in [-0.2, -0.15) is 0 Å². The Labute approximate surface area is 685 Å². The molecule has 0 radical (unpaired) electrons. The molecule has 0 amide bonds. The summed E-state index contributed by atoms with van der Waals surface area (Å²) in [7, 11) is 0. The summed E-state index contributed by atoms with van der Waals surface area (Å²) in [6.07, 6.45) is 24.6. The van der Waals surface area contributed by atoms with Crippen molar-refractivity contribution in [3.05, 3.63) is 146 Å². The Morgan fingerprint density at radius 2 is 0.571 bits per heavy atom. The second-order valence-electron chi connectivity index (χ2n) is 24.6. The third-order valence-electron chi connectivity index (χ3n) is 20.5. The predicted octanol–water partition coefficient (Wildman–Crippen LogP) is 21.7. The minimum Gasteiger partial charge on any atom is -0.507 e. The van der Waals surface area contributed by atoms with Gasteiger partial charge in [-0.25, -0.2) is 0 Å². The van der Waals surface area contributed by atoms with Gasteiger partial charge in [0.2, 0.25) is 0 Å². The van der Waals surface area contributed by atoms with Crippen LogP contribution in [0.5, 0.6) is 11.5 Å². The first-order valence-electron chi connectivity index (χ1n) is 30.7. The molecular formula is C74H94Ar6O4. The first kappa shape index (κ1) is 80.0. The minimum absolute atomic E-state index is 0. The first-order valence-corrected chi connectivity index (χ1v) is 30.7. The predicted molar refractivity (Wildman–Crippen MR) is 337 cm³/mol. The van der Waals surface area contributed by atoms with Crippen molar-refractivity contribution >= 4 is 65.0 Å². The van der Waals surface area contributed by atoms with Crippen LogP contribution >= 0.6 is 0 Å². The summed E-state index contributed by atoms with van der Waals surface area (Å²) in [5.41, 5.74) is 4.62. The van der Waals surface area contributed by atoms with Crippen LogP contribution < -0.4 is 0 Å². The topological polar surface area (TPSA) is 85.1 Å². The fourth-order valence-electron chi connectivity index (χ4n) is 17.3. The summed E-state index contributed by atoms with van der Waals surface area (Å²) < 4.78 is 6.07. The van der Waals surface area contributed by atoms with Gasteiger partial charge in [0.1, 0.15) is 22.7 Å². The van der Waals surface area contributed by atoms with E-state index in [1.807, 2.05) is 88.4 Å². The Balaban J connectivity index is 0.000000372. The van der Waals surface area contributed by atoms with Crippen LogP contribution in [0.3, 0.4) is 0 Å². The van der Waals surface area contributed by atoms with Crippen molar-refractivity contribution in [3.8, 4) is 22.6 Å². The molecule has 0 saturated heterocycles. The molecule has 6 aliphatic carbocycles. The van der Waals surface area contributed by atoms with Crippen LogP contribution in [-0.4, -0.2) is 15.7 Å². The van der Waals surface area contributed by atoms with Gasteiger partial charge in [0.05, 0.1) is 0 Å². The molecule has 0 aliphatic heterocycles. The van der Waals surface area contributed by atoms with E-state index in [0.29, 0.717) is 22.0 Å². The number of rotatable bonds is 1. The van der Waals surface area contributed by atoms with Crippen molar-refractivity contribution in [3.63, 3.8) is 0 Å². The van der Waals surface area contributed by atoms with Crippen LogP contribution in [0.4, 0.5) is 0 Å². The van der Waals surface area contributed by atoms with Crippen molar-refractivity contribution < 1.29 is 248 Å². The van der Waals surface area contributed by atoms with Crippen molar-refractivity contribution in [2.45, 2.75) is 158 Å². The molecule has 4 nitrogen and oxygen atoms in total. The number of phenols is 2. The molecule has 0 bridgehead atoms. The Morgan fingerprint density at radius 1 is 0.333 bits per heavy atom. The van der Waals surface area contributed by atoms with Crippen LogP contribution in [0, 0.1) is 285 Å². The molecule has 0 spiro atoms. The average Bonchev–Trinajstić information content (AvgIpc) is 4.33. The van der Waals surface area contributed by atoms with E-state index >= 15 is 0 Å². The Kier molecular flexibility index (Phi) is 35.2. The van der Waals surface area contributed by atoms with E-state index in [4.69, 9.17) is 4.42 Å². The molecule has 9 aromatic rings. The number of furan rings is 1. The fourth-order valence-corrected chi connectivity index (χ4v) is 17.3. The van der Waals surface area contributed by atoms with E-state index < -0.39 is 0 Å². The molecule has 462 valence electrons. The van der Waals surface area contributed by atoms with Crippen molar-refractivity contribution in [1.82, 2.24) is 0 Å². The summed E-state index contributed by atoms with van der Waals surface area (Å²) in [6, 6.07) is 48.3. The largest absolute Gasteiger partial charge is 0.507 e. The van der Waals surface area contributed by atoms with E-state index in [2.05, 4.69) is 100 Å². The van der Waals surface area contributed by atoms with Crippen molar-refractivity contribution in [1.29, 1.82) is 0 Å². The van der Waals surface area contributed by atoms with Gasteiger partial charge in [-0.3, -0.25) is 0 Å². The maximum atomic E-state index is 10.4. The SMILES string of the molecule is CC.CC.CC1(C)C2CCCCC2C2CCCCC21.CC1(C)C2CCCCC2C2CCCCC21.O.Oc1ccc2ccccc2c1-c1c(O)ccc2ccccc12.[2HH].[Ar].[Ar].[Ar].[Ar].[Ar].[Ar].c1ccc2c(c1)ccc1oc3ccc4ccccc4c3c12. The van der Waals surface area contributed by atoms with E-state index in [9.17, 15) is 10.2 Å². The summed E-state index contributed by atoms with van der Waals surface area (Å²) in [5.74, 6) is 9.17. The third-order valence-corrected chi connectivity index (χ3v) is 20.5. The maximum Gasteiger partial charge on any atom is 0.136 e. The van der Waals surface area contributed by atoms with Crippen molar-refractivity contribution in [2.24, 2.45) is 58.2 Å². The van der Waals surface area contributed by atoms with Gasteiger partial charge in [0.15, 0.2) is 0 Å². The molecule has 1 aromatic heterocycles. The van der Waals surface area contributed by atoms with E-state index in [1.54, 1.807) is 63.5 Å². The molecule has 4 N–H and O–H groups in total. The molecular weight excluding hydrogens is 1190 g/mol. The average molecular weight is 1290 g/mol. The van der Waals surface area contributed by atoms with Gasteiger partial charge in [-0.05, 0) is 177 Å². The van der Waals surface area contributed by atoms with E-state index in [0.717, 1.165) is 80.1 Å². The van der Waals surface area contributed by atoms with Crippen LogP contribution in [0.15, 0.2) is 150 Å². The van der Waals surface area contributed by atoms with Gasteiger partial charge in [0.25, 0.3) is 0 Å². The molecule has 6 aliphatic rings. The van der Waals surface area contributed by atoms with Gasteiger partial charge < -0.3 is 20.1 Å². The fraction of sp³-hybridized carbons (Fsp3) is 0.459. The van der Waals surface area contributed by atoms with Crippen LogP contribution in [-0.2, 0) is 0 Å². The summed E-state index contributed by atoms with van der Waals surface area (Å²) >= 11 is 0. The number of fused-ring (bicyclic) bond motifs is 15. The number of hydrogen-bond acceptors (Lipinski definition) is 3. The van der Waals surface area contributed by atoms with Crippen LogP contribution in [0.2, 0.25) is 0 Å². The zero-order valence-corrected chi connectivity index (χ0v) is 55.0. The molecule has 6 saturated carbocycles. The first-order chi connectivity index (χ1) is 37.6. The summed E-state index contributed by atoms with van der Waals surface area (Å²) in [5, 5.41) is 32.2. The molecule has 15 rings (SSSR count). The molecule has 84 heavy (non-hydrogen) atoms. The third kappa shape index (κ3) is 16.6. The van der Waals surface area contributed by atoms with Crippen LogP contribution in [0.25, 0.3) is 76.2 Å². The van der Waals surface area contributed by atoms with Gasteiger partial charge in [-0.1, -0.05) is 228 Å². The quantitative estimate of drug-likeness (QED) is 0.172. The zero-order chi connectivity index (χ0) is 53.8. The minimum atomic E-state index is 0. The van der Waals surface area contributed by atoms with Crippen molar-refractivity contribution in [2.75, 3.05) is 0 Å². The number of aromatic hydroxyl groups is 2.